The average molecular weight is 308 g/mol. The van der Waals surface area contributed by atoms with Crippen LogP contribution in [0.1, 0.15) is 31.6 Å². The first-order chi connectivity index (χ1) is 10.2. The first-order valence-corrected chi connectivity index (χ1v) is 7.53. The maximum absolute atomic E-state index is 9.57. The Morgan fingerprint density at radius 1 is 1.24 bits per heavy atom. The number of nitrogens with one attached hydrogen (secondary N) is 1. The quantitative estimate of drug-likeness (QED) is 0.889. The van der Waals surface area contributed by atoms with Crippen molar-refractivity contribution < 1.29 is 9.52 Å². The molecular formula is C15H18ClN3O2. The number of nitrogens with zero attached hydrogens (tertiary/aromatic N) is 2. The summed E-state index contributed by atoms with van der Waals surface area (Å²) in [5, 5.41) is 21.6. The summed E-state index contributed by atoms with van der Waals surface area (Å²) in [4.78, 5) is 0. The predicted octanol–water partition coefficient (Wildman–Crippen LogP) is 2.78. The molecule has 1 heterocycles. The monoisotopic (exact) mass is 307 g/mol. The van der Waals surface area contributed by atoms with E-state index in [0.717, 1.165) is 31.2 Å². The molecule has 0 amide bonds. The van der Waals surface area contributed by atoms with Crippen molar-refractivity contribution in [2.45, 2.75) is 37.8 Å². The summed E-state index contributed by atoms with van der Waals surface area (Å²) in [5.74, 6) is 0.923. The third kappa shape index (κ3) is 3.10. The van der Waals surface area contributed by atoms with E-state index in [1.807, 2.05) is 18.2 Å². The minimum Gasteiger partial charge on any atom is -0.419 e. The molecule has 2 aromatic rings. The van der Waals surface area contributed by atoms with E-state index in [0.29, 0.717) is 23.3 Å². The lowest BCUT2D eigenvalue weighted by Gasteiger charge is -2.27. The topological polar surface area (TPSA) is 71.2 Å². The van der Waals surface area contributed by atoms with Gasteiger partial charge in [-0.3, -0.25) is 0 Å². The van der Waals surface area contributed by atoms with Gasteiger partial charge < -0.3 is 14.8 Å². The molecular weight excluding hydrogens is 290 g/mol. The molecule has 1 aliphatic carbocycles. The standard InChI is InChI=1S/C15H18ClN3O2/c16-12-6-2-1-5-11(12)14-19-18-13(21-14)9-17-15(10-20)7-3-4-8-15/h1-2,5-6,17,20H,3-4,7-10H2. The van der Waals surface area contributed by atoms with Gasteiger partial charge in [0.1, 0.15) is 0 Å². The molecule has 5 nitrogen and oxygen atoms in total. The summed E-state index contributed by atoms with van der Waals surface area (Å²) in [6.07, 6.45) is 4.24. The Labute approximate surface area is 128 Å². The molecule has 0 bridgehead atoms. The lowest BCUT2D eigenvalue weighted by Crippen LogP contribution is -2.45. The molecule has 2 N–H and O–H groups in total. The SMILES string of the molecule is OCC1(NCc2nnc(-c3ccccc3Cl)o2)CCCC1. The van der Waals surface area contributed by atoms with E-state index < -0.39 is 0 Å². The number of aliphatic hydroxyl groups is 1. The molecule has 1 aromatic carbocycles. The van der Waals surface area contributed by atoms with E-state index in [1.54, 1.807) is 6.07 Å². The van der Waals surface area contributed by atoms with Gasteiger partial charge in [-0.1, -0.05) is 36.6 Å². The van der Waals surface area contributed by atoms with Crippen LogP contribution in [-0.4, -0.2) is 27.4 Å². The molecule has 112 valence electrons. The highest BCUT2D eigenvalue weighted by Crippen LogP contribution is 2.30. The molecule has 21 heavy (non-hydrogen) atoms. The van der Waals surface area contributed by atoms with Crippen LogP contribution in [-0.2, 0) is 6.54 Å². The fourth-order valence-corrected chi connectivity index (χ4v) is 2.99. The molecule has 0 saturated heterocycles. The maximum Gasteiger partial charge on any atom is 0.249 e. The van der Waals surface area contributed by atoms with Crippen LogP contribution < -0.4 is 5.32 Å². The summed E-state index contributed by atoms with van der Waals surface area (Å²) < 4.78 is 5.65. The van der Waals surface area contributed by atoms with Crippen molar-refractivity contribution in [3.05, 3.63) is 35.2 Å². The normalized spacial score (nSPS) is 17.2. The van der Waals surface area contributed by atoms with E-state index in [2.05, 4.69) is 15.5 Å². The zero-order chi connectivity index (χ0) is 14.7. The van der Waals surface area contributed by atoms with Crippen molar-refractivity contribution in [3.8, 4) is 11.5 Å². The fourth-order valence-electron chi connectivity index (χ4n) is 2.77. The third-order valence-corrected chi connectivity index (χ3v) is 4.38. The van der Waals surface area contributed by atoms with Crippen LogP contribution in [0.5, 0.6) is 0 Å². The van der Waals surface area contributed by atoms with Crippen molar-refractivity contribution in [2.24, 2.45) is 0 Å². The predicted molar refractivity (Wildman–Crippen MR) is 79.9 cm³/mol. The molecule has 1 fully saturated rings. The highest BCUT2D eigenvalue weighted by Gasteiger charge is 2.32. The molecule has 0 spiro atoms. The second kappa shape index (κ2) is 6.13. The zero-order valence-corrected chi connectivity index (χ0v) is 12.4. The third-order valence-electron chi connectivity index (χ3n) is 4.05. The Morgan fingerprint density at radius 3 is 2.71 bits per heavy atom. The molecule has 1 saturated carbocycles. The molecule has 0 aliphatic heterocycles. The average Bonchev–Trinajstić information content (AvgIpc) is 3.16. The summed E-state index contributed by atoms with van der Waals surface area (Å²) in [6.45, 7) is 0.594. The molecule has 0 atom stereocenters. The van der Waals surface area contributed by atoms with Gasteiger partial charge in [0.25, 0.3) is 0 Å². The van der Waals surface area contributed by atoms with Gasteiger partial charge in [-0.2, -0.15) is 0 Å². The Kier molecular flexibility index (Phi) is 4.24. The molecule has 1 aromatic heterocycles. The minimum atomic E-state index is -0.195. The van der Waals surface area contributed by atoms with E-state index in [4.69, 9.17) is 16.0 Å². The Hall–Kier alpha value is -1.43. The van der Waals surface area contributed by atoms with Crippen molar-refractivity contribution >= 4 is 11.6 Å². The number of hydrogen-bond acceptors (Lipinski definition) is 5. The largest absolute Gasteiger partial charge is 0.419 e. The van der Waals surface area contributed by atoms with E-state index in [1.165, 1.54) is 0 Å². The van der Waals surface area contributed by atoms with Crippen molar-refractivity contribution in [1.82, 2.24) is 15.5 Å². The molecule has 0 unspecified atom stereocenters. The number of halogens is 1. The zero-order valence-electron chi connectivity index (χ0n) is 11.7. The minimum absolute atomic E-state index is 0.137. The van der Waals surface area contributed by atoms with Gasteiger partial charge in [-0.25, -0.2) is 0 Å². The lowest BCUT2D eigenvalue weighted by molar-refractivity contribution is 0.159. The number of hydrogen-bond donors (Lipinski definition) is 2. The number of aromatic nitrogens is 2. The van der Waals surface area contributed by atoms with Crippen LogP contribution in [0.3, 0.4) is 0 Å². The Bertz CT molecular complexity index is 608. The first kappa shape index (κ1) is 14.5. The lowest BCUT2D eigenvalue weighted by atomic mass is 9.99. The first-order valence-electron chi connectivity index (χ1n) is 7.16. The summed E-state index contributed by atoms with van der Waals surface area (Å²) in [5.41, 5.74) is 0.537. The molecule has 1 aliphatic rings. The summed E-state index contributed by atoms with van der Waals surface area (Å²) in [7, 11) is 0. The van der Waals surface area contributed by atoms with Crippen LogP contribution in [0.2, 0.25) is 5.02 Å². The maximum atomic E-state index is 9.57. The van der Waals surface area contributed by atoms with Gasteiger partial charge >= 0.3 is 0 Å². The molecule has 0 radical (unpaired) electrons. The molecule has 3 rings (SSSR count). The van der Waals surface area contributed by atoms with Gasteiger partial charge in [0.05, 0.1) is 23.7 Å². The van der Waals surface area contributed by atoms with Crippen LogP contribution in [0.4, 0.5) is 0 Å². The second-order valence-corrected chi connectivity index (χ2v) is 5.89. The summed E-state index contributed by atoms with van der Waals surface area (Å²) in [6, 6.07) is 7.37. The number of rotatable bonds is 5. The highest BCUT2D eigenvalue weighted by molar-refractivity contribution is 6.33. The van der Waals surface area contributed by atoms with Gasteiger partial charge in [0.2, 0.25) is 11.8 Å². The van der Waals surface area contributed by atoms with Gasteiger partial charge in [-0.15, -0.1) is 10.2 Å². The van der Waals surface area contributed by atoms with E-state index >= 15 is 0 Å². The van der Waals surface area contributed by atoms with E-state index in [9.17, 15) is 5.11 Å². The van der Waals surface area contributed by atoms with Crippen LogP contribution >= 0.6 is 11.6 Å². The Balaban J connectivity index is 1.70. The van der Waals surface area contributed by atoms with Gasteiger partial charge in [0, 0.05) is 5.54 Å². The second-order valence-electron chi connectivity index (χ2n) is 5.48. The van der Waals surface area contributed by atoms with Crippen molar-refractivity contribution in [3.63, 3.8) is 0 Å². The number of benzene rings is 1. The smallest absolute Gasteiger partial charge is 0.249 e. The molecule has 6 heteroatoms. The fraction of sp³-hybridized carbons (Fsp3) is 0.467. The number of aliphatic hydroxyl groups excluding tert-OH is 1. The van der Waals surface area contributed by atoms with Crippen molar-refractivity contribution in [2.75, 3.05) is 6.61 Å². The highest BCUT2D eigenvalue weighted by atomic mass is 35.5. The Morgan fingerprint density at radius 2 is 2.00 bits per heavy atom. The van der Waals surface area contributed by atoms with Gasteiger partial charge in [0.15, 0.2) is 0 Å². The van der Waals surface area contributed by atoms with Crippen molar-refractivity contribution in [1.29, 1.82) is 0 Å². The van der Waals surface area contributed by atoms with Gasteiger partial charge in [-0.05, 0) is 25.0 Å². The van der Waals surface area contributed by atoms with Crippen LogP contribution in [0, 0.1) is 0 Å². The summed E-state index contributed by atoms with van der Waals surface area (Å²) >= 11 is 6.12. The van der Waals surface area contributed by atoms with Crippen LogP contribution in [0.25, 0.3) is 11.5 Å². The van der Waals surface area contributed by atoms with E-state index in [-0.39, 0.29) is 12.1 Å². The van der Waals surface area contributed by atoms with Crippen LogP contribution in [0.15, 0.2) is 28.7 Å².